The molecule has 3 nitrogen and oxygen atoms in total. The standard InChI is InChI=1S/C17H16O3S/c1-12-7-9-14(10-8-12)21(19,20)17-15(11-18)16(17)13-5-3-2-4-6-13/h2-11,15-17H,1H3/t15-,16-,17+/m0/s1. The van der Waals surface area contributed by atoms with Crippen LogP contribution in [0.4, 0.5) is 0 Å². The molecule has 2 aromatic rings. The third kappa shape index (κ3) is 2.40. The first-order valence-electron chi connectivity index (χ1n) is 6.86. The van der Waals surface area contributed by atoms with Gasteiger partial charge in [-0.1, -0.05) is 48.0 Å². The van der Waals surface area contributed by atoms with Crippen molar-refractivity contribution in [2.75, 3.05) is 0 Å². The number of hydrogen-bond donors (Lipinski definition) is 0. The second kappa shape index (κ2) is 5.11. The maximum atomic E-state index is 12.7. The molecule has 4 heteroatoms. The molecule has 0 N–H and O–H groups in total. The Morgan fingerprint density at radius 3 is 2.14 bits per heavy atom. The molecule has 3 rings (SSSR count). The Labute approximate surface area is 124 Å². The van der Waals surface area contributed by atoms with Crippen LogP contribution in [0.15, 0.2) is 59.5 Å². The van der Waals surface area contributed by atoms with Gasteiger partial charge in [0.05, 0.1) is 10.1 Å². The van der Waals surface area contributed by atoms with Gasteiger partial charge in [-0.2, -0.15) is 0 Å². The highest BCUT2D eigenvalue weighted by Crippen LogP contribution is 2.52. The number of aryl methyl sites for hydroxylation is 1. The number of sulfone groups is 1. The molecule has 0 saturated heterocycles. The van der Waals surface area contributed by atoms with E-state index < -0.39 is 21.0 Å². The van der Waals surface area contributed by atoms with Crippen LogP contribution in [0.5, 0.6) is 0 Å². The lowest BCUT2D eigenvalue weighted by Gasteiger charge is -2.04. The van der Waals surface area contributed by atoms with Crippen molar-refractivity contribution in [3.8, 4) is 0 Å². The molecule has 0 radical (unpaired) electrons. The van der Waals surface area contributed by atoms with Gasteiger partial charge in [-0.15, -0.1) is 0 Å². The smallest absolute Gasteiger partial charge is 0.182 e. The Bertz CT molecular complexity index is 748. The van der Waals surface area contributed by atoms with Crippen molar-refractivity contribution < 1.29 is 13.2 Å². The van der Waals surface area contributed by atoms with E-state index in [1.165, 1.54) is 0 Å². The van der Waals surface area contributed by atoms with Gasteiger partial charge >= 0.3 is 0 Å². The molecule has 1 fully saturated rings. The van der Waals surface area contributed by atoms with E-state index in [2.05, 4.69) is 0 Å². The van der Waals surface area contributed by atoms with Crippen LogP contribution in [-0.4, -0.2) is 20.0 Å². The van der Waals surface area contributed by atoms with Gasteiger partial charge in [0.15, 0.2) is 9.84 Å². The molecule has 108 valence electrons. The van der Waals surface area contributed by atoms with Crippen molar-refractivity contribution >= 4 is 16.1 Å². The fourth-order valence-electron chi connectivity index (χ4n) is 2.84. The Morgan fingerprint density at radius 2 is 1.57 bits per heavy atom. The Balaban J connectivity index is 1.96. The molecule has 0 aliphatic heterocycles. The average Bonchev–Trinajstić information content (AvgIpc) is 3.24. The van der Waals surface area contributed by atoms with Gasteiger partial charge < -0.3 is 4.79 Å². The van der Waals surface area contributed by atoms with E-state index in [4.69, 9.17) is 0 Å². The monoisotopic (exact) mass is 300 g/mol. The average molecular weight is 300 g/mol. The highest BCUT2D eigenvalue weighted by molar-refractivity contribution is 7.92. The Kier molecular flexibility index (Phi) is 3.41. The normalized spacial score (nSPS) is 24.5. The van der Waals surface area contributed by atoms with Crippen LogP contribution < -0.4 is 0 Å². The van der Waals surface area contributed by atoms with Crippen LogP contribution in [0.1, 0.15) is 17.0 Å². The molecule has 0 unspecified atom stereocenters. The van der Waals surface area contributed by atoms with E-state index in [-0.39, 0.29) is 5.92 Å². The van der Waals surface area contributed by atoms with Crippen LogP contribution in [0.2, 0.25) is 0 Å². The van der Waals surface area contributed by atoms with Crippen LogP contribution in [-0.2, 0) is 14.6 Å². The van der Waals surface area contributed by atoms with Gasteiger partial charge in [-0.3, -0.25) is 0 Å². The highest BCUT2D eigenvalue weighted by atomic mass is 32.2. The maximum absolute atomic E-state index is 12.7. The molecule has 1 aliphatic carbocycles. The van der Waals surface area contributed by atoms with Gasteiger partial charge in [0.1, 0.15) is 6.29 Å². The molecular formula is C17H16O3S. The molecule has 0 bridgehead atoms. The van der Waals surface area contributed by atoms with Crippen LogP contribution in [0.25, 0.3) is 0 Å². The number of carbonyl (C=O) groups is 1. The van der Waals surface area contributed by atoms with Crippen molar-refractivity contribution in [3.05, 3.63) is 65.7 Å². The van der Waals surface area contributed by atoms with Gasteiger partial charge in [-0.05, 0) is 24.6 Å². The largest absolute Gasteiger partial charge is 0.303 e. The molecule has 0 spiro atoms. The second-order valence-corrected chi connectivity index (χ2v) is 7.58. The summed E-state index contributed by atoms with van der Waals surface area (Å²) in [5.74, 6) is -0.672. The number of hydrogen-bond acceptors (Lipinski definition) is 3. The Morgan fingerprint density at radius 1 is 0.952 bits per heavy atom. The van der Waals surface area contributed by atoms with E-state index in [1.807, 2.05) is 37.3 Å². The number of rotatable bonds is 4. The van der Waals surface area contributed by atoms with E-state index in [0.717, 1.165) is 17.4 Å². The molecular weight excluding hydrogens is 284 g/mol. The molecule has 2 aromatic carbocycles. The van der Waals surface area contributed by atoms with Gasteiger partial charge in [0.25, 0.3) is 0 Å². The summed E-state index contributed by atoms with van der Waals surface area (Å²) in [5.41, 5.74) is 1.92. The predicted octanol–water partition coefficient (Wildman–Crippen LogP) is 2.75. The van der Waals surface area contributed by atoms with E-state index in [0.29, 0.717) is 4.90 Å². The lowest BCUT2D eigenvalue weighted by molar-refractivity contribution is -0.108. The summed E-state index contributed by atoms with van der Waals surface area (Å²) >= 11 is 0. The third-order valence-corrected chi connectivity index (χ3v) is 6.31. The first-order chi connectivity index (χ1) is 10.1. The van der Waals surface area contributed by atoms with Gasteiger partial charge in [-0.25, -0.2) is 8.42 Å². The molecule has 21 heavy (non-hydrogen) atoms. The summed E-state index contributed by atoms with van der Waals surface area (Å²) in [6, 6.07) is 16.2. The van der Waals surface area contributed by atoms with Crippen molar-refractivity contribution in [1.29, 1.82) is 0 Å². The SMILES string of the molecule is Cc1ccc(S(=O)(=O)[C@@H]2[C@@H](C=O)[C@@H]2c2ccccc2)cc1. The summed E-state index contributed by atoms with van der Waals surface area (Å²) in [4.78, 5) is 11.5. The van der Waals surface area contributed by atoms with Gasteiger partial charge in [0.2, 0.25) is 0 Å². The first-order valence-corrected chi connectivity index (χ1v) is 8.41. The second-order valence-electron chi connectivity index (χ2n) is 5.47. The zero-order chi connectivity index (χ0) is 15.0. The lowest BCUT2D eigenvalue weighted by Crippen LogP contribution is -2.11. The van der Waals surface area contributed by atoms with Crippen LogP contribution in [0.3, 0.4) is 0 Å². The van der Waals surface area contributed by atoms with Crippen molar-refractivity contribution in [2.45, 2.75) is 23.0 Å². The fraction of sp³-hybridized carbons (Fsp3) is 0.235. The molecule has 3 atom stereocenters. The quantitative estimate of drug-likeness (QED) is 0.816. The fourth-order valence-corrected chi connectivity index (χ4v) is 4.95. The minimum absolute atomic E-state index is 0.227. The minimum atomic E-state index is -3.47. The molecule has 0 aromatic heterocycles. The van der Waals surface area contributed by atoms with Crippen LogP contribution in [0, 0.1) is 12.8 Å². The maximum Gasteiger partial charge on any atom is 0.182 e. The van der Waals surface area contributed by atoms with Crippen LogP contribution >= 0.6 is 0 Å². The summed E-state index contributed by atoms with van der Waals surface area (Å²) in [7, 11) is -3.47. The number of carbonyl (C=O) groups excluding carboxylic acids is 1. The molecule has 0 heterocycles. The van der Waals surface area contributed by atoms with Gasteiger partial charge in [0, 0.05) is 11.8 Å². The summed E-state index contributed by atoms with van der Waals surface area (Å²) in [5, 5.41) is -0.639. The number of benzene rings is 2. The lowest BCUT2D eigenvalue weighted by atomic mass is 10.1. The molecule has 1 aliphatic rings. The number of aldehydes is 1. The van der Waals surface area contributed by atoms with E-state index >= 15 is 0 Å². The zero-order valence-corrected chi connectivity index (χ0v) is 12.5. The van der Waals surface area contributed by atoms with Crippen molar-refractivity contribution in [1.82, 2.24) is 0 Å². The minimum Gasteiger partial charge on any atom is -0.303 e. The molecule has 0 amide bonds. The van der Waals surface area contributed by atoms with E-state index in [1.54, 1.807) is 24.3 Å². The van der Waals surface area contributed by atoms with Crippen molar-refractivity contribution in [2.24, 2.45) is 5.92 Å². The predicted molar refractivity (Wildman–Crippen MR) is 80.9 cm³/mol. The summed E-state index contributed by atoms with van der Waals surface area (Å²) in [6.07, 6.45) is 0.772. The third-order valence-electron chi connectivity index (χ3n) is 4.06. The zero-order valence-electron chi connectivity index (χ0n) is 11.6. The molecule has 1 saturated carbocycles. The topological polar surface area (TPSA) is 51.2 Å². The first kappa shape index (κ1) is 14.0. The summed E-state index contributed by atoms with van der Waals surface area (Å²) < 4.78 is 25.4. The van der Waals surface area contributed by atoms with E-state index in [9.17, 15) is 13.2 Å². The van der Waals surface area contributed by atoms with Crippen molar-refractivity contribution in [3.63, 3.8) is 0 Å². The summed E-state index contributed by atoms with van der Waals surface area (Å²) in [6.45, 7) is 1.91. The Hall–Kier alpha value is -1.94. The highest BCUT2D eigenvalue weighted by Gasteiger charge is 2.58.